The van der Waals surface area contributed by atoms with Gasteiger partial charge in [-0.2, -0.15) is 0 Å². The Morgan fingerprint density at radius 1 is 1.75 bits per heavy atom. The van der Waals surface area contributed by atoms with Crippen molar-refractivity contribution in [3.8, 4) is 0 Å². The van der Waals surface area contributed by atoms with E-state index in [1.807, 2.05) is 0 Å². The summed E-state index contributed by atoms with van der Waals surface area (Å²) in [6.07, 6.45) is 1.69. The Bertz CT molecular complexity index is 276. The zero-order valence-corrected chi connectivity index (χ0v) is 7.54. The van der Waals surface area contributed by atoms with Crippen LogP contribution < -0.4 is 5.73 Å². The lowest BCUT2D eigenvalue weighted by Crippen LogP contribution is -2.07. The average molecular weight is 187 g/mol. The minimum absolute atomic E-state index is 0.377. The van der Waals surface area contributed by atoms with E-state index in [4.69, 9.17) is 22.4 Å². The van der Waals surface area contributed by atoms with Gasteiger partial charge >= 0.3 is 0 Å². The number of nitrogen functional groups attached to an aromatic ring is 1. The zero-order chi connectivity index (χ0) is 9.14. The summed E-state index contributed by atoms with van der Waals surface area (Å²) in [5.41, 5.74) is 7.04. The number of aliphatic hydroxyl groups is 1. The van der Waals surface area contributed by atoms with Crippen LogP contribution >= 0.6 is 11.6 Å². The maximum atomic E-state index is 9.08. The highest BCUT2D eigenvalue weighted by molar-refractivity contribution is 6.29. The van der Waals surface area contributed by atoms with E-state index in [0.29, 0.717) is 17.3 Å². The van der Waals surface area contributed by atoms with Gasteiger partial charge in [0.1, 0.15) is 5.15 Å². The maximum Gasteiger partial charge on any atom is 0.131 e. The third kappa shape index (κ3) is 2.36. The fourth-order valence-corrected chi connectivity index (χ4v) is 1.13. The van der Waals surface area contributed by atoms with Crippen LogP contribution in [0.4, 0.5) is 5.69 Å². The van der Waals surface area contributed by atoms with Crippen molar-refractivity contribution in [3.05, 3.63) is 23.0 Å². The molecular weight excluding hydrogens is 176 g/mol. The highest BCUT2D eigenvalue weighted by atomic mass is 35.5. The summed E-state index contributed by atoms with van der Waals surface area (Å²) in [7, 11) is 0. The Kier molecular flexibility index (Phi) is 2.89. The molecule has 1 aromatic heterocycles. The molecule has 1 unspecified atom stereocenters. The van der Waals surface area contributed by atoms with Crippen LogP contribution in [0, 0.1) is 0 Å². The first-order valence-corrected chi connectivity index (χ1v) is 4.05. The summed E-state index contributed by atoms with van der Waals surface area (Å²) in [6.45, 7) is 1.70. The first kappa shape index (κ1) is 9.29. The fourth-order valence-electron chi connectivity index (χ4n) is 0.961. The molecule has 0 aromatic carbocycles. The quantitative estimate of drug-likeness (QED) is 0.684. The molecule has 0 aliphatic carbocycles. The molecule has 3 N–H and O–H groups in total. The molecule has 0 aliphatic heterocycles. The van der Waals surface area contributed by atoms with Gasteiger partial charge in [0.25, 0.3) is 0 Å². The van der Waals surface area contributed by atoms with Crippen molar-refractivity contribution in [1.82, 2.24) is 4.98 Å². The topological polar surface area (TPSA) is 59.1 Å². The number of aliphatic hydroxyl groups excluding tert-OH is 1. The number of nitrogens with zero attached hydrogens (tertiary/aromatic N) is 1. The lowest BCUT2D eigenvalue weighted by molar-refractivity contribution is 0.195. The van der Waals surface area contributed by atoms with Gasteiger partial charge in [-0.15, -0.1) is 0 Å². The van der Waals surface area contributed by atoms with Gasteiger partial charge in [-0.1, -0.05) is 11.6 Å². The summed E-state index contributed by atoms with van der Waals surface area (Å²) in [6, 6.07) is 1.58. The zero-order valence-electron chi connectivity index (χ0n) is 6.79. The second-order valence-corrected chi connectivity index (χ2v) is 3.15. The van der Waals surface area contributed by atoms with Gasteiger partial charge in [-0.25, -0.2) is 4.98 Å². The van der Waals surface area contributed by atoms with Gasteiger partial charge in [0.2, 0.25) is 0 Å². The van der Waals surface area contributed by atoms with Crippen LogP contribution in [0.15, 0.2) is 12.3 Å². The Balaban J connectivity index is 2.86. The predicted octanol–water partition coefficient (Wildman–Crippen LogP) is 1.24. The fraction of sp³-hybridized carbons (Fsp3) is 0.375. The van der Waals surface area contributed by atoms with Crippen molar-refractivity contribution in [2.24, 2.45) is 0 Å². The van der Waals surface area contributed by atoms with Crippen molar-refractivity contribution in [2.45, 2.75) is 19.4 Å². The second-order valence-electron chi connectivity index (χ2n) is 2.76. The van der Waals surface area contributed by atoms with E-state index >= 15 is 0 Å². The number of anilines is 1. The first-order chi connectivity index (χ1) is 5.59. The summed E-state index contributed by atoms with van der Waals surface area (Å²) in [4.78, 5) is 3.87. The standard InChI is InChI=1S/C8H11ClN2O/c1-5(12)2-6-4-11-8(9)3-7(6)10/h3-5,12H,2H2,1H3,(H2,10,11). The van der Waals surface area contributed by atoms with Crippen LogP contribution in [0.2, 0.25) is 5.15 Å². The minimum atomic E-state index is -0.407. The number of rotatable bonds is 2. The SMILES string of the molecule is CC(O)Cc1cnc(Cl)cc1N. The molecule has 0 aliphatic rings. The molecule has 1 rings (SSSR count). The molecule has 0 spiro atoms. The van der Waals surface area contributed by atoms with E-state index in [1.54, 1.807) is 19.2 Å². The summed E-state index contributed by atoms with van der Waals surface area (Å²) >= 11 is 5.60. The predicted molar refractivity (Wildman–Crippen MR) is 49.0 cm³/mol. The molecule has 3 nitrogen and oxygen atoms in total. The summed E-state index contributed by atoms with van der Waals surface area (Å²) < 4.78 is 0. The van der Waals surface area contributed by atoms with Gasteiger partial charge < -0.3 is 10.8 Å². The largest absolute Gasteiger partial charge is 0.398 e. The smallest absolute Gasteiger partial charge is 0.131 e. The summed E-state index contributed by atoms with van der Waals surface area (Å²) in [5.74, 6) is 0. The van der Waals surface area contributed by atoms with Crippen LogP contribution in [0.1, 0.15) is 12.5 Å². The first-order valence-electron chi connectivity index (χ1n) is 3.67. The molecule has 1 heterocycles. The highest BCUT2D eigenvalue weighted by Crippen LogP contribution is 2.16. The molecule has 0 radical (unpaired) electrons. The molecule has 0 bridgehead atoms. The van der Waals surface area contributed by atoms with Crippen molar-refractivity contribution in [3.63, 3.8) is 0 Å². The second kappa shape index (κ2) is 3.74. The third-order valence-electron chi connectivity index (χ3n) is 1.50. The van der Waals surface area contributed by atoms with Crippen LogP contribution in [-0.4, -0.2) is 16.2 Å². The molecule has 1 aromatic rings. The van der Waals surface area contributed by atoms with Crippen molar-refractivity contribution in [2.75, 3.05) is 5.73 Å². The monoisotopic (exact) mass is 186 g/mol. The van der Waals surface area contributed by atoms with Gasteiger partial charge in [0.15, 0.2) is 0 Å². The Morgan fingerprint density at radius 3 is 2.92 bits per heavy atom. The van der Waals surface area contributed by atoms with Crippen molar-refractivity contribution in [1.29, 1.82) is 0 Å². The number of halogens is 1. The molecular formula is C8H11ClN2O. The van der Waals surface area contributed by atoms with E-state index < -0.39 is 6.10 Å². The normalized spacial score (nSPS) is 12.9. The van der Waals surface area contributed by atoms with Crippen LogP contribution in [-0.2, 0) is 6.42 Å². The number of nitrogens with two attached hydrogens (primary N) is 1. The maximum absolute atomic E-state index is 9.08. The lowest BCUT2D eigenvalue weighted by atomic mass is 10.1. The molecule has 1 atom stereocenters. The minimum Gasteiger partial charge on any atom is -0.398 e. The Morgan fingerprint density at radius 2 is 2.42 bits per heavy atom. The third-order valence-corrected chi connectivity index (χ3v) is 1.71. The van der Waals surface area contributed by atoms with E-state index in [0.717, 1.165) is 5.56 Å². The van der Waals surface area contributed by atoms with Gasteiger partial charge in [-0.05, 0) is 18.6 Å². The Labute approximate surface area is 76.2 Å². The van der Waals surface area contributed by atoms with E-state index in [-0.39, 0.29) is 0 Å². The van der Waals surface area contributed by atoms with E-state index in [1.165, 1.54) is 0 Å². The molecule has 0 amide bonds. The molecule has 4 heteroatoms. The van der Waals surface area contributed by atoms with Gasteiger partial charge in [0.05, 0.1) is 6.10 Å². The average Bonchev–Trinajstić information content (AvgIpc) is 1.94. The number of pyridine rings is 1. The molecule has 0 saturated heterocycles. The molecule has 0 saturated carbocycles. The number of hydrogen-bond acceptors (Lipinski definition) is 3. The van der Waals surface area contributed by atoms with Gasteiger partial charge in [-0.3, -0.25) is 0 Å². The van der Waals surface area contributed by atoms with E-state index in [9.17, 15) is 0 Å². The number of aromatic nitrogens is 1. The Hall–Kier alpha value is -0.800. The van der Waals surface area contributed by atoms with Gasteiger partial charge in [0, 0.05) is 18.3 Å². The van der Waals surface area contributed by atoms with Crippen LogP contribution in [0.25, 0.3) is 0 Å². The highest BCUT2D eigenvalue weighted by Gasteiger charge is 2.03. The van der Waals surface area contributed by atoms with Crippen LogP contribution in [0.3, 0.4) is 0 Å². The molecule has 66 valence electrons. The van der Waals surface area contributed by atoms with E-state index in [2.05, 4.69) is 4.98 Å². The molecule has 0 fully saturated rings. The molecule has 12 heavy (non-hydrogen) atoms. The van der Waals surface area contributed by atoms with Crippen molar-refractivity contribution >= 4 is 17.3 Å². The number of hydrogen-bond donors (Lipinski definition) is 2. The summed E-state index contributed by atoms with van der Waals surface area (Å²) in [5, 5.41) is 9.46. The van der Waals surface area contributed by atoms with Crippen molar-refractivity contribution < 1.29 is 5.11 Å². The lowest BCUT2D eigenvalue weighted by Gasteiger charge is -2.06. The van der Waals surface area contributed by atoms with Crippen LogP contribution in [0.5, 0.6) is 0 Å².